The molecule has 0 aromatic heterocycles. The van der Waals surface area contributed by atoms with Crippen molar-refractivity contribution < 1.29 is 19.5 Å². The van der Waals surface area contributed by atoms with Crippen LogP contribution >= 0.6 is 11.6 Å². The van der Waals surface area contributed by atoms with E-state index in [1.807, 2.05) is 30.3 Å². The number of amides is 2. The Bertz CT molecular complexity index is 1220. The van der Waals surface area contributed by atoms with Crippen LogP contribution in [0.1, 0.15) is 55.2 Å². The first-order valence-electron chi connectivity index (χ1n) is 14.4. The van der Waals surface area contributed by atoms with Gasteiger partial charge in [0.25, 0.3) is 0 Å². The molecule has 1 aliphatic carbocycles. The predicted molar refractivity (Wildman–Crippen MR) is 154 cm³/mol. The van der Waals surface area contributed by atoms with Crippen molar-refractivity contribution in [2.24, 2.45) is 0 Å². The summed E-state index contributed by atoms with van der Waals surface area (Å²) in [5.41, 5.74) is 3.20. The molecule has 4 atom stereocenters. The second kappa shape index (κ2) is 12.7. The van der Waals surface area contributed by atoms with Gasteiger partial charge < -0.3 is 20.6 Å². The number of aliphatic carboxylic acids is 1. The zero-order chi connectivity index (χ0) is 28.2. The number of nitrogens with zero attached hydrogens (tertiary/aromatic N) is 2. The van der Waals surface area contributed by atoms with Gasteiger partial charge in [-0.1, -0.05) is 67.3 Å². The highest BCUT2D eigenvalue weighted by molar-refractivity contribution is 6.30. The molecule has 2 aromatic rings. The van der Waals surface area contributed by atoms with Gasteiger partial charge in [-0.05, 0) is 54.5 Å². The van der Waals surface area contributed by atoms with Crippen molar-refractivity contribution in [3.63, 3.8) is 0 Å². The number of carbonyl (C=O) groups is 3. The fraction of sp³-hybridized carbons (Fsp3) is 0.516. The summed E-state index contributed by atoms with van der Waals surface area (Å²) in [6.07, 6.45) is 6.68. The number of hydrogen-bond donors (Lipinski definition) is 3. The largest absolute Gasteiger partial charge is 0.480 e. The van der Waals surface area contributed by atoms with Gasteiger partial charge >= 0.3 is 5.97 Å². The number of nitrogens with one attached hydrogen (secondary N) is 2. The van der Waals surface area contributed by atoms with Crippen LogP contribution in [-0.4, -0.2) is 76.5 Å². The molecule has 2 amide bonds. The molecule has 8 nitrogen and oxygen atoms in total. The molecule has 40 heavy (non-hydrogen) atoms. The molecular formula is C31H39ClN4O4. The fourth-order valence-electron chi connectivity index (χ4n) is 6.57. The number of carbonyl (C=O) groups excluding carboxylic acids is 2. The number of carboxylic acids is 1. The monoisotopic (exact) mass is 566 g/mol. The van der Waals surface area contributed by atoms with Crippen LogP contribution in [0.15, 0.2) is 48.5 Å². The van der Waals surface area contributed by atoms with Crippen molar-refractivity contribution in [1.29, 1.82) is 0 Å². The summed E-state index contributed by atoms with van der Waals surface area (Å²) >= 11 is 6.09. The minimum Gasteiger partial charge on any atom is -0.480 e. The number of hydrogen-bond acceptors (Lipinski definition) is 5. The zero-order valence-electron chi connectivity index (χ0n) is 23.0. The Morgan fingerprint density at radius 3 is 2.48 bits per heavy atom. The lowest BCUT2D eigenvalue weighted by molar-refractivity contribution is -0.143. The number of benzene rings is 2. The fourth-order valence-corrected chi connectivity index (χ4v) is 6.70. The minimum atomic E-state index is -0.830. The van der Waals surface area contributed by atoms with E-state index in [0.717, 1.165) is 36.8 Å². The smallest absolute Gasteiger partial charge is 0.321 e. The van der Waals surface area contributed by atoms with Gasteiger partial charge in [-0.3, -0.25) is 19.3 Å². The minimum absolute atomic E-state index is 0.209. The lowest BCUT2D eigenvalue weighted by atomic mass is 9.94. The molecule has 9 heteroatoms. The standard InChI is InChI=1S/C31H39ClN4O4/c1-35(25-17-28(31(39)40)36(19-25)24-9-3-2-4-10-24)30(38)27(15-20-11-13-23(32)14-12-20)34-29(37)26-16-21-7-5-6-8-22(21)18-33-26/h5-8,11-14,24-28,33H,2-4,9-10,15-19H2,1H3,(H,34,37)(H,39,40)/t25-,26+,27+,28-/m0/s1. The zero-order valence-corrected chi connectivity index (χ0v) is 23.8. The molecule has 2 fully saturated rings. The third-order valence-electron chi connectivity index (χ3n) is 8.91. The van der Waals surface area contributed by atoms with Crippen LogP contribution in [0.3, 0.4) is 0 Å². The van der Waals surface area contributed by atoms with Gasteiger partial charge in [0.2, 0.25) is 11.8 Å². The van der Waals surface area contributed by atoms with Crippen molar-refractivity contribution in [2.45, 2.75) is 88.1 Å². The maximum Gasteiger partial charge on any atom is 0.321 e. The Morgan fingerprint density at radius 1 is 1.07 bits per heavy atom. The molecule has 3 N–H and O–H groups in total. The van der Waals surface area contributed by atoms with Gasteiger partial charge in [-0.2, -0.15) is 0 Å². The molecular weight excluding hydrogens is 528 g/mol. The molecule has 1 saturated carbocycles. The average Bonchev–Trinajstić information content (AvgIpc) is 3.43. The molecule has 0 radical (unpaired) electrons. The van der Waals surface area contributed by atoms with Gasteiger partial charge in [-0.25, -0.2) is 0 Å². The quantitative estimate of drug-likeness (QED) is 0.453. The summed E-state index contributed by atoms with van der Waals surface area (Å²) in [4.78, 5) is 43.4. The van der Waals surface area contributed by atoms with E-state index in [2.05, 4.69) is 21.6 Å². The normalized spacial score (nSPS) is 24.2. The first-order chi connectivity index (χ1) is 19.3. The lowest BCUT2D eigenvalue weighted by Crippen LogP contribution is -2.56. The van der Waals surface area contributed by atoms with Crippen LogP contribution in [0.4, 0.5) is 0 Å². The van der Waals surface area contributed by atoms with Gasteiger partial charge in [0.1, 0.15) is 12.1 Å². The van der Waals surface area contributed by atoms with E-state index >= 15 is 0 Å². The van der Waals surface area contributed by atoms with Crippen molar-refractivity contribution in [3.05, 3.63) is 70.2 Å². The van der Waals surface area contributed by atoms with Crippen LogP contribution in [0, 0.1) is 0 Å². The third kappa shape index (κ3) is 6.51. The van der Waals surface area contributed by atoms with E-state index in [1.54, 1.807) is 24.1 Å². The molecule has 0 bridgehead atoms. The molecule has 3 aliphatic rings. The Balaban J connectivity index is 1.31. The van der Waals surface area contributed by atoms with Gasteiger partial charge in [0.05, 0.1) is 6.04 Å². The summed E-state index contributed by atoms with van der Waals surface area (Å²) < 4.78 is 0. The Morgan fingerprint density at radius 2 is 1.77 bits per heavy atom. The molecule has 5 rings (SSSR count). The highest BCUT2D eigenvalue weighted by atomic mass is 35.5. The van der Waals surface area contributed by atoms with Crippen LogP contribution in [0.2, 0.25) is 5.02 Å². The number of fused-ring (bicyclic) bond motifs is 1. The van der Waals surface area contributed by atoms with Crippen molar-refractivity contribution in [2.75, 3.05) is 13.6 Å². The van der Waals surface area contributed by atoms with Crippen LogP contribution in [-0.2, 0) is 33.8 Å². The molecule has 2 heterocycles. The number of halogens is 1. The topological polar surface area (TPSA) is 102 Å². The van der Waals surface area contributed by atoms with Crippen molar-refractivity contribution in [3.8, 4) is 0 Å². The van der Waals surface area contributed by atoms with Crippen LogP contribution in [0.25, 0.3) is 0 Å². The Hall–Kier alpha value is -2.94. The first-order valence-corrected chi connectivity index (χ1v) is 14.8. The highest BCUT2D eigenvalue weighted by Crippen LogP contribution is 2.31. The van der Waals surface area contributed by atoms with E-state index < -0.39 is 24.1 Å². The van der Waals surface area contributed by atoms with Gasteiger partial charge in [-0.15, -0.1) is 0 Å². The molecule has 214 valence electrons. The maximum absolute atomic E-state index is 14.0. The Kier molecular flexibility index (Phi) is 9.08. The second-order valence-electron chi connectivity index (χ2n) is 11.5. The summed E-state index contributed by atoms with van der Waals surface area (Å²) in [5.74, 6) is -1.25. The van der Waals surface area contributed by atoms with E-state index in [9.17, 15) is 19.5 Å². The summed E-state index contributed by atoms with van der Waals surface area (Å²) in [5, 5.41) is 16.9. The summed E-state index contributed by atoms with van der Waals surface area (Å²) in [6.45, 7) is 1.13. The van der Waals surface area contributed by atoms with Crippen molar-refractivity contribution in [1.82, 2.24) is 20.4 Å². The third-order valence-corrected chi connectivity index (χ3v) is 9.16. The second-order valence-corrected chi connectivity index (χ2v) is 11.9. The lowest BCUT2D eigenvalue weighted by Gasteiger charge is -2.34. The molecule has 0 spiro atoms. The van der Waals surface area contributed by atoms with E-state index in [-0.39, 0.29) is 23.9 Å². The summed E-state index contributed by atoms with van der Waals surface area (Å²) in [6, 6.07) is 13.5. The average molecular weight is 567 g/mol. The molecule has 2 aliphatic heterocycles. The number of rotatable bonds is 8. The summed E-state index contributed by atoms with van der Waals surface area (Å²) in [7, 11) is 1.74. The van der Waals surface area contributed by atoms with Gasteiger partial charge in [0.15, 0.2) is 0 Å². The highest BCUT2D eigenvalue weighted by Gasteiger charge is 2.44. The first kappa shape index (κ1) is 28.6. The van der Waals surface area contributed by atoms with Gasteiger partial charge in [0, 0.05) is 43.7 Å². The maximum atomic E-state index is 14.0. The van der Waals surface area contributed by atoms with E-state index in [1.165, 1.54) is 12.0 Å². The molecule has 1 saturated heterocycles. The number of likely N-dealkylation sites (tertiary alicyclic amines) is 1. The number of carboxylic acid groups (broad SMARTS) is 1. The molecule has 0 unspecified atom stereocenters. The predicted octanol–water partition coefficient (Wildman–Crippen LogP) is 3.40. The van der Waals surface area contributed by atoms with Crippen LogP contribution < -0.4 is 10.6 Å². The Labute approximate surface area is 241 Å². The van der Waals surface area contributed by atoms with E-state index in [4.69, 9.17) is 11.6 Å². The van der Waals surface area contributed by atoms with E-state index in [0.29, 0.717) is 37.4 Å². The molecule has 2 aromatic carbocycles. The SMILES string of the molecule is CN(C(=O)[C@@H](Cc1ccc(Cl)cc1)NC(=O)[C@H]1Cc2ccccc2CN1)[C@H]1C[C@@H](C(=O)O)N(C2CCCCC2)C1. The van der Waals surface area contributed by atoms with Crippen LogP contribution in [0.5, 0.6) is 0 Å². The number of likely N-dealkylation sites (N-methyl/N-ethyl adjacent to an activating group) is 1. The van der Waals surface area contributed by atoms with Crippen molar-refractivity contribution >= 4 is 29.4 Å².